The van der Waals surface area contributed by atoms with Crippen LogP contribution >= 0.6 is 11.8 Å². The van der Waals surface area contributed by atoms with Crippen LogP contribution in [0.1, 0.15) is 11.1 Å². The Kier molecular flexibility index (Phi) is 5.85. The zero-order chi connectivity index (χ0) is 14.4. The highest BCUT2D eigenvalue weighted by Crippen LogP contribution is 2.16. The predicted molar refractivity (Wildman–Crippen MR) is 77.5 cm³/mol. The summed E-state index contributed by atoms with van der Waals surface area (Å²) in [6.07, 6.45) is 0. The van der Waals surface area contributed by atoms with E-state index in [1.807, 2.05) is 32.0 Å². The number of aliphatic carboxylic acids is 1. The predicted octanol–water partition coefficient (Wildman–Crippen LogP) is 1.39. The maximum atomic E-state index is 11.7. The summed E-state index contributed by atoms with van der Waals surface area (Å²) in [5, 5.41) is 11.4. The number of nitrogens with one attached hydrogen (secondary N) is 1. The lowest BCUT2D eigenvalue weighted by molar-refractivity contribution is -0.137. The fourth-order valence-corrected chi connectivity index (χ4v) is 2.18. The molecule has 5 nitrogen and oxygen atoms in total. The van der Waals surface area contributed by atoms with Gasteiger partial charge in [-0.1, -0.05) is 12.1 Å². The smallest absolute Gasteiger partial charge is 0.321 e. The van der Waals surface area contributed by atoms with Gasteiger partial charge in [-0.15, -0.1) is 11.8 Å². The fraction of sp³-hybridized carbons (Fsp3) is 0.385. The van der Waals surface area contributed by atoms with Crippen molar-refractivity contribution in [3.05, 3.63) is 29.3 Å². The molecule has 0 saturated carbocycles. The van der Waals surface area contributed by atoms with Gasteiger partial charge in [0.2, 0.25) is 5.91 Å². The molecule has 0 spiro atoms. The van der Waals surface area contributed by atoms with Crippen molar-refractivity contribution in [3.8, 4) is 0 Å². The van der Waals surface area contributed by atoms with E-state index < -0.39 is 12.0 Å². The quantitative estimate of drug-likeness (QED) is 0.733. The number of thioether (sulfide) groups is 1. The van der Waals surface area contributed by atoms with Crippen LogP contribution < -0.4 is 11.1 Å². The monoisotopic (exact) mass is 282 g/mol. The van der Waals surface area contributed by atoms with Crippen LogP contribution in [-0.4, -0.2) is 34.5 Å². The van der Waals surface area contributed by atoms with E-state index in [9.17, 15) is 9.59 Å². The Labute approximate surface area is 116 Å². The second kappa shape index (κ2) is 7.16. The molecule has 0 aliphatic rings. The number of nitrogens with two attached hydrogens (primary N) is 1. The van der Waals surface area contributed by atoms with Gasteiger partial charge >= 0.3 is 5.97 Å². The second-order valence-corrected chi connectivity index (χ2v) is 5.36. The lowest BCUT2D eigenvalue weighted by Gasteiger charge is -2.10. The summed E-state index contributed by atoms with van der Waals surface area (Å²) in [6, 6.07) is 4.89. The summed E-state index contributed by atoms with van der Waals surface area (Å²) in [6.45, 7) is 3.87. The topological polar surface area (TPSA) is 92.4 Å². The lowest BCUT2D eigenvalue weighted by atomic mass is 10.1. The van der Waals surface area contributed by atoms with Crippen molar-refractivity contribution >= 4 is 29.3 Å². The Morgan fingerprint density at radius 1 is 1.42 bits per heavy atom. The number of amides is 1. The normalized spacial score (nSPS) is 11.9. The molecule has 6 heteroatoms. The van der Waals surface area contributed by atoms with Gasteiger partial charge in [-0.2, -0.15) is 0 Å². The standard InChI is InChI=1S/C13H18N2O3S/c1-8-3-4-9(2)11(5-8)15-12(16)7-19-6-10(14)13(17)18/h3-5,10H,6-7,14H2,1-2H3,(H,15,16)(H,17,18)/t10-/m1/s1. The van der Waals surface area contributed by atoms with Gasteiger partial charge in [-0.05, 0) is 31.0 Å². The number of anilines is 1. The van der Waals surface area contributed by atoms with Crippen molar-refractivity contribution in [1.29, 1.82) is 0 Å². The highest BCUT2D eigenvalue weighted by atomic mass is 32.2. The third-order valence-electron chi connectivity index (χ3n) is 2.51. The molecule has 0 fully saturated rings. The third-order valence-corrected chi connectivity index (χ3v) is 3.58. The van der Waals surface area contributed by atoms with Crippen molar-refractivity contribution in [3.63, 3.8) is 0 Å². The molecular weight excluding hydrogens is 264 g/mol. The SMILES string of the molecule is Cc1ccc(C)c(NC(=O)CSC[C@@H](N)C(=O)O)c1. The van der Waals surface area contributed by atoms with Crippen molar-refractivity contribution in [1.82, 2.24) is 0 Å². The number of carboxylic acid groups (broad SMARTS) is 1. The van der Waals surface area contributed by atoms with Crippen LogP contribution in [0.15, 0.2) is 18.2 Å². The van der Waals surface area contributed by atoms with Gasteiger partial charge in [0.1, 0.15) is 6.04 Å². The minimum atomic E-state index is -1.05. The van der Waals surface area contributed by atoms with Gasteiger partial charge in [0, 0.05) is 11.4 Å². The fourth-order valence-electron chi connectivity index (χ4n) is 1.41. The number of benzene rings is 1. The zero-order valence-corrected chi connectivity index (χ0v) is 11.8. The summed E-state index contributed by atoms with van der Waals surface area (Å²) < 4.78 is 0. The summed E-state index contributed by atoms with van der Waals surface area (Å²) >= 11 is 1.21. The molecule has 0 radical (unpaired) electrons. The molecule has 0 unspecified atom stereocenters. The largest absolute Gasteiger partial charge is 0.480 e. The minimum Gasteiger partial charge on any atom is -0.480 e. The molecule has 104 valence electrons. The van der Waals surface area contributed by atoms with Crippen LogP contribution in [0.4, 0.5) is 5.69 Å². The molecule has 1 amide bonds. The molecule has 4 N–H and O–H groups in total. The average Bonchev–Trinajstić information content (AvgIpc) is 2.33. The molecule has 1 rings (SSSR count). The number of aryl methyl sites for hydroxylation is 2. The first-order valence-electron chi connectivity index (χ1n) is 5.83. The van der Waals surface area contributed by atoms with Gasteiger partial charge < -0.3 is 16.2 Å². The molecule has 0 bridgehead atoms. The molecule has 1 aromatic carbocycles. The highest BCUT2D eigenvalue weighted by Gasteiger charge is 2.12. The molecule has 0 aliphatic carbocycles. The van der Waals surface area contributed by atoms with Crippen molar-refractivity contribution in [2.24, 2.45) is 5.73 Å². The molecule has 1 aromatic rings. The number of hydrogen-bond donors (Lipinski definition) is 3. The number of carbonyl (C=O) groups excluding carboxylic acids is 1. The van der Waals surface area contributed by atoms with Gasteiger partial charge in [0.25, 0.3) is 0 Å². The van der Waals surface area contributed by atoms with Gasteiger partial charge in [-0.3, -0.25) is 9.59 Å². The van der Waals surface area contributed by atoms with Gasteiger partial charge in [0.05, 0.1) is 5.75 Å². The van der Waals surface area contributed by atoms with E-state index in [2.05, 4.69) is 5.32 Å². The van der Waals surface area contributed by atoms with Crippen molar-refractivity contribution in [2.75, 3.05) is 16.8 Å². The summed E-state index contributed by atoms with van der Waals surface area (Å²) in [4.78, 5) is 22.2. The van der Waals surface area contributed by atoms with E-state index in [4.69, 9.17) is 10.8 Å². The van der Waals surface area contributed by atoms with Crippen molar-refractivity contribution in [2.45, 2.75) is 19.9 Å². The maximum absolute atomic E-state index is 11.7. The van der Waals surface area contributed by atoms with E-state index in [0.717, 1.165) is 16.8 Å². The first-order chi connectivity index (χ1) is 8.90. The van der Waals surface area contributed by atoms with Gasteiger partial charge in [0.15, 0.2) is 0 Å². The zero-order valence-electron chi connectivity index (χ0n) is 11.0. The molecule has 1 atom stereocenters. The average molecular weight is 282 g/mol. The van der Waals surface area contributed by atoms with Crippen LogP contribution in [0.25, 0.3) is 0 Å². The third kappa shape index (κ3) is 5.32. The number of carbonyl (C=O) groups is 2. The van der Waals surface area contributed by atoms with Crippen LogP contribution in [0, 0.1) is 13.8 Å². The van der Waals surface area contributed by atoms with E-state index in [0.29, 0.717) is 0 Å². The highest BCUT2D eigenvalue weighted by molar-refractivity contribution is 8.00. The van der Waals surface area contributed by atoms with E-state index in [1.165, 1.54) is 11.8 Å². The number of hydrogen-bond acceptors (Lipinski definition) is 4. The summed E-state index contributed by atoms with van der Waals surface area (Å²) in [7, 11) is 0. The Bertz CT molecular complexity index is 477. The van der Waals surface area contributed by atoms with Crippen LogP contribution in [0.3, 0.4) is 0 Å². The van der Waals surface area contributed by atoms with E-state index in [-0.39, 0.29) is 17.4 Å². The number of carboxylic acids is 1. The minimum absolute atomic E-state index is 0.156. The number of rotatable bonds is 6. The lowest BCUT2D eigenvalue weighted by Crippen LogP contribution is -2.33. The molecule has 0 saturated heterocycles. The van der Waals surface area contributed by atoms with E-state index in [1.54, 1.807) is 0 Å². The van der Waals surface area contributed by atoms with Crippen LogP contribution in [-0.2, 0) is 9.59 Å². The Morgan fingerprint density at radius 3 is 2.74 bits per heavy atom. The van der Waals surface area contributed by atoms with Crippen LogP contribution in [0.2, 0.25) is 0 Å². The Morgan fingerprint density at radius 2 is 2.11 bits per heavy atom. The summed E-state index contributed by atoms with van der Waals surface area (Å²) in [5.74, 6) is -0.803. The van der Waals surface area contributed by atoms with Crippen molar-refractivity contribution < 1.29 is 14.7 Å². The van der Waals surface area contributed by atoms with Gasteiger partial charge in [-0.25, -0.2) is 0 Å². The molecule has 0 heterocycles. The Balaban J connectivity index is 2.43. The first kappa shape index (κ1) is 15.5. The molecular formula is C13H18N2O3S. The summed E-state index contributed by atoms with van der Waals surface area (Å²) in [5.41, 5.74) is 8.20. The molecule has 19 heavy (non-hydrogen) atoms. The van der Waals surface area contributed by atoms with E-state index >= 15 is 0 Å². The first-order valence-corrected chi connectivity index (χ1v) is 6.99. The maximum Gasteiger partial charge on any atom is 0.321 e. The molecule has 0 aromatic heterocycles. The Hall–Kier alpha value is -1.53. The molecule has 0 aliphatic heterocycles. The second-order valence-electron chi connectivity index (χ2n) is 4.33. The van der Waals surface area contributed by atoms with Crippen LogP contribution in [0.5, 0.6) is 0 Å².